The summed E-state index contributed by atoms with van der Waals surface area (Å²) < 4.78 is 0. The van der Waals surface area contributed by atoms with E-state index >= 15 is 0 Å². The normalized spacial score (nSPS) is 15.1. The molecule has 0 spiro atoms. The van der Waals surface area contributed by atoms with Gasteiger partial charge in [-0.3, -0.25) is 5.10 Å². The van der Waals surface area contributed by atoms with Crippen molar-refractivity contribution in [1.29, 1.82) is 0 Å². The summed E-state index contributed by atoms with van der Waals surface area (Å²) in [6, 6.07) is 5.00. The number of aryl methyl sites for hydroxylation is 1. The average Bonchev–Trinajstić information content (AvgIpc) is 2.86. The van der Waals surface area contributed by atoms with Gasteiger partial charge in [-0.2, -0.15) is 5.10 Å². The monoisotopic (exact) mass is 272 g/mol. The standard InChI is InChI=1S/C16H20N2O2/c1-16(2,10-7-8-13(19)14(20)9-10)15-11-5-3-4-6-12(11)17-18-15/h7-9,19-20H,3-6H2,1-2H3,(H,17,18). The van der Waals surface area contributed by atoms with Crippen molar-refractivity contribution >= 4 is 0 Å². The van der Waals surface area contributed by atoms with Gasteiger partial charge >= 0.3 is 0 Å². The zero-order chi connectivity index (χ0) is 14.3. The van der Waals surface area contributed by atoms with Gasteiger partial charge in [-0.25, -0.2) is 0 Å². The molecule has 0 unspecified atom stereocenters. The topological polar surface area (TPSA) is 69.1 Å². The molecule has 1 aliphatic rings. The second kappa shape index (κ2) is 4.54. The first kappa shape index (κ1) is 13.0. The number of aromatic amines is 1. The number of rotatable bonds is 2. The molecule has 4 heteroatoms. The van der Waals surface area contributed by atoms with Gasteiger partial charge in [0.2, 0.25) is 0 Å². The Morgan fingerprint density at radius 1 is 1.10 bits per heavy atom. The minimum atomic E-state index is -0.299. The molecule has 1 aromatic heterocycles. The maximum absolute atomic E-state index is 9.72. The fraction of sp³-hybridized carbons (Fsp3) is 0.438. The van der Waals surface area contributed by atoms with Gasteiger partial charge in [-0.15, -0.1) is 0 Å². The number of H-pyrrole nitrogens is 1. The second-order valence-corrected chi connectivity index (χ2v) is 6.06. The lowest BCUT2D eigenvalue weighted by Crippen LogP contribution is -2.22. The van der Waals surface area contributed by atoms with Gasteiger partial charge in [0.05, 0.1) is 5.69 Å². The third-order valence-corrected chi connectivity index (χ3v) is 4.35. The number of phenolic OH excluding ortho intramolecular Hbond substituents is 2. The van der Waals surface area contributed by atoms with Crippen molar-refractivity contribution in [1.82, 2.24) is 10.2 Å². The molecule has 0 atom stereocenters. The lowest BCUT2D eigenvalue weighted by molar-refractivity contribution is 0.402. The molecule has 4 nitrogen and oxygen atoms in total. The van der Waals surface area contributed by atoms with Gasteiger partial charge < -0.3 is 10.2 Å². The Labute approximate surface area is 118 Å². The fourth-order valence-corrected chi connectivity index (χ4v) is 3.05. The van der Waals surface area contributed by atoms with E-state index in [4.69, 9.17) is 0 Å². The number of fused-ring (bicyclic) bond motifs is 1. The summed E-state index contributed by atoms with van der Waals surface area (Å²) in [6.45, 7) is 4.20. The van der Waals surface area contributed by atoms with Crippen LogP contribution in [-0.2, 0) is 18.3 Å². The highest BCUT2D eigenvalue weighted by molar-refractivity contribution is 5.47. The Kier molecular flexibility index (Phi) is 2.96. The molecule has 0 radical (unpaired) electrons. The first-order valence-corrected chi connectivity index (χ1v) is 7.09. The van der Waals surface area contributed by atoms with Crippen LogP contribution in [0.15, 0.2) is 18.2 Å². The van der Waals surface area contributed by atoms with Crippen LogP contribution in [0.4, 0.5) is 0 Å². The minimum Gasteiger partial charge on any atom is -0.504 e. The third-order valence-electron chi connectivity index (χ3n) is 4.35. The van der Waals surface area contributed by atoms with E-state index in [0.717, 1.165) is 24.1 Å². The van der Waals surface area contributed by atoms with E-state index in [9.17, 15) is 10.2 Å². The van der Waals surface area contributed by atoms with E-state index in [1.54, 1.807) is 6.07 Å². The molecule has 0 fully saturated rings. The largest absolute Gasteiger partial charge is 0.504 e. The molecule has 0 saturated heterocycles. The number of hydrogen-bond donors (Lipinski definition) is 3. The molecule has 2 aromatic rings. The Morgan fingerprint density at radius 2 is 1.85 bits per heavy atom. The number of benzene rings is 1. The van der Waals surface area contributed by atoms with Crippen LogP contribution in [0.25, 0.3) is 0 Å². The van der Waals surface area contributed by atoms with Crippen LogP contribution in [0.2, 0.25) is 0 Å². The number of aromatic nitrogens is 2. The Balaban J connectivity index is 2.07. The Morgan fingerprint density at radius 3 is 2.60 bits per heavy atom. The average molecular weight is 272 g/mol. The van der Waals surface area contributed by atoms with Crippen LogP contribution in [0.5, 0.6) is 11.5 Å². The molecule has 3 rings (SSSR count). The molecule has 0 saturated carbocycles. The van der Waals surface area contributed by atoms with E-state index in [-0.39, 0.29) is 16.9 Å². The number of nitrogens with zero attached hydrogens (tertiary/aromatic N) is 1. The molecule has 1 aromatic carbocycles. The second-order valence-electron chi connectivity index (χ2n) is 6.06. The number of hydrogen-bond acceptors (Lipinski definition) is 3. The van der Waals surface area contributed by atoms with E-state index < -0.39 is 0 Å². The molecule has 0 bridgehead atoms. The first-order valence-electron chi connectivity index (χ1n) is 7.09. The summed E-state index contributed by atoms with van der Waals surface area (Å²) in [4.78, 5) is 0. The maximum atomic E-state index is 9.72. The first-order chi connectivity index (χ1) is 9.50. The highest BCUT2D eigenvalue weighted by Gasteiger charge is 2.31. The molecule has 3 N–H and O–H groups in total. The number of phenols is 2. The van der Waals surface area contributed by atoms with Gasteiger partial charge in [0.15, 0.2) is 11.5 Å². The summed E-state index contributed by atoms with van der Waals surface area (Å²) in [7, 11) is 0. The Bertz CT molecular complexity index is 644. The Hall–Kier alpha value is -1.97. The molecule has 0 amide bonds. The van der Waals surface area contributed by atoms with Crippen molar-refractivity contribution in [3.05, 3.63) is 40.7 Å². The van der Waals surface area contributed by atoms with Crippen molar-refractivity contribution in [2.24, 2.45) is 0 Å². The van der Waals surface area contributed by atoms with Crippen molar-refractivity contribution in [2.75, 3.05) is 0 Å². The summed E-state index contributed by atoms with van der Waals surface area (Å²) >= 11 is 0. The fourth-order valence-electron chi connectivity index (χ4n) is 3.05. The van der Waals surface area contributed by atoms with Crippen LogP contribution in [-0.4, -0.2) is 20.4 Å². The molecule has 1 aliphatic carbocycles. The smallest absolute Gasteiger partial charge is 0.157 e. The predicted octanol–water partition coefficient (Wildman–Crippen LogP) is 3.03. The number of aromatic hydroxyl groups is 2. The van der Waals surface area contributed by atoms with E-state index in [0.29, 0.717) is 0 Å². The quantitative estimate of drug-likeness (QED) is 0.736. The molecule has 0 aliphatic heterocycles. The summed E-state index contributed by atoms with van der Waals surface area (Å²) in [6.07, 6.45) is 4.55. The van der Waals surface area contributed by atoms with Crippen molar-refractivity contribution in [2.45, 2.75) is 44.9 Å². The van der Waals surface area contributed by atoms with E-state index in [1.165, 1.54) is 30.2 Å². The van der Waals surface area contributed by atoms with E-state index in [1.807, 2.05) is 6.07 Å². The van der Waals surface area contributed by atoms with Crippen molar-refractivity contribution < 1.29 is 10.2 Å². The van der Waals surface area contributed by atoms with Gasteiger partial charge in [-0.1, -0.05) is 19.9 Å². The van der Waals surface area contributed by atoms with Crippen molar-refractivity contribution in [3.63, 3.8) is 0 Å². The zero-order valence-corrected chi connectivity index (χ0v) is 11.9. The van der Waals surface area contributed by atoms with Crippen LogP contribution in [0.1, 0.15) is 49.2 Å². The third kappa shape index (κ3) is 1.96. The summed E-state index contributed by atoms with van der Waals surface area (Å²) in [5.41, 5.74) is 4.29. The minimum absolute atomic E-state index is 0.0834. The lowest BCUT2D eigenvalue weighted by Gasteiger charge is -2.26. The van der Waals surface area contributed by atoms with Gasteiger partial charge in [-0.05, 0) is 48.9 Å². The van der Waals surface area contributed by atoms with E-state index in [2.05, 4.69) is 24.0 Å². The van der Waals surface area contributed by atoms with Gasteiger partial charge in [0.1, 0.15) is 0 Å². The molecule has 106 valence electrons. The van der Waals surface area contributed by atoms with Crippen molar-refractivity contribution in [3.8, 4) is 11.5 Å². The van der Waals surface area contributed by atoms with Crippen LogP contribution < -0.4 is 0 Å². The summed E-state index contributed by atoms with van der Waals surface area (Å²) in [5.74, 6) is -0.173. The predicted molar refractivity (Wildman–Crippen MR) is 77.1 cm³/mol. The lowest BCUT2D eigenvalue weighted by atomic mass is 9.77. The highest BCUT2D eigenvalue weighted by atomic mass is 16.3. The highest BCUT2D eigenvalue weighted by Crippen LogP contribution is 2.38. The molecule has 20 heavy (non-hydrogen) atoms. The maximum Gasteiger partial charge on any atom is 0.157 e. The van der Waals surface area contributed by atoms with Crippen LogP contribution in [0, 0.1) is 0 Å². The van der Waals surface area contributed by atoms with Crippen LogP contribution >= 0.6 is 0 Å². The number of nitrogens with one attached hydrogen (secondary N) is 1. The SMILES string of the molecule is CC(C)(c1ccc(O)c(O)c1)c1n[nH]c2c1CCCC2. The van der Waals surface area contributed by atoms with Gasteiger partial charge in [0.25, 0.3) is 0 Å². The molecular formula is C16H20N2O2. The van der Waals surface area contributed by atoms with Crippen LogP contribution in [0.3, 0.4) is 0 Å². The summed E-state index contributed by atoms with van der Waals surface area (Å²) in [5, 5.41) is 26.9. The molecular weight excluding hydrogens is 252 g/mol. The van der Waals surface area contributed by atoms with Gasteiger partial charge in [0, 0.05) is 11.1 Å². The molecule has 1 heterocycles. The zero-order valence-electron chi connectivity index (χ0n) is 11.9.